The molecule has 16 heavy (non-hydrogen) atoms. The Morgan fingerprint density at radius 3 is 2.56 bits per heavy atom. The number of aromatic nitrogens is 2. The molecule has 1 aromatic heterocycles. The summed E-state index contributed by atoms with van der Waals surface area (Å²) in [7, 11) is 2.04. The molecule has 1 atom stereocenters. The Morgan fingerprint density at radius 2 is 2.06 bits per heavy atom. The van der Waals surface area contributed by atoms with Crippen LogP contribution in [0.15, 0.2) is 12.4 Å². The van der Waals surface area contributed by atoms with Crippen LogP contribution in [-0.4, -0.2) is 53.2 Å². The van der Waals surface area contributed by atoms with Crippen LogP contribution in [0.4, 0.5) is 5.95 Å². The lowest BCUT2D eigenvalue weighted by molar-refractivity contribution is 0.200. The molecule has 0 amide bonds. The summed E-state index contributed by atoms with van der Waals surface area (Å²) in [6.45, 7) is 7.15. The average molecular weight is 223 g/mol. The summed E-state index contributed by atoms with van der Waals surface area (Å²) in [4.78, 5) is 9.15. The van der Waals surface area contributed by atoms with Crippen molar-refractivity contribution in [2.45, 2.75) is 13.0 Å². The van der Waals surface area contributed by atoms with Gasteiger partial charge < -0.3 is 15.2 Å². The number of imidazole rings is 1. The predicted octanol–water partition coefficient (Wildman–Crippen LogP) is -0.111. The van der Waals surface area contributed by atoms with E-state index in [2.05, 4.69) is 26.3 Å². The van der Waals surface area contributed by atoms with Crippen LogP contribution in [0.2, 0.25) is 0 Å². The van der Waals surface area contributed by atoms with Crippen molar-refractivity contribution in [3.8, 4) is 0 Å². The Morgan fingerprint density at radius 1 is 1.38 bits per heavy atom. The molecule has 0 bridgehead atoms. The van der Waals surface area contributed by atoms with Gasteiger partial charge in [-0.25, -0.2) is 4.98 Å². The number of nitrogens with two attached hydrogens (primary N) is 1. The van der Waals surface area contributed by atoms with Gasteiger partial charge in [-0.1, -0.05) is 0 Å². The standard InChI is InChI=1S/C11H21N5/c1-10(9-12)15-5-7-16(8-6-15)11-13-3-4-14(11)2/h3-4,10H,5-9,12H2,1-2H3. The fourth-order valence-corrected chi connectivity index (χ4v) is 2.17. The minimum absolute atomic E-state index is 0.489. The monoisotopic (exact) mass is 223 g/mol. The summed E-state index contributed by atoms with van der Waals surface area (Å²) in [6.07, 6.45) is 3.84. The van der Waals surface area contributed by atoms with E-state index in [1.54, 1.807) is 0 Å². The number of anilines is 1. The van der Waals surface area contributed by atoms with Crippen molar-refractivity contribution in [3.05, 3.63) is 12.4 Å². The van der Waals surface area contributed by atoms with Crippen LogP contribution in [0.5, 0.6) is 0 Å². The number of hydrogen-bond donors (Lipinski definition) is 1. The molecule has 0 aromatic carbocycles. The van der Waals surface area contributed by atoms with E-state index in [-0.39, 0.29) is 0 Å². The highest BCUT2D eigenvalue weighted by Crippen LogP contribution is 2.13. The minimum Gasteiger partial charge on any atom is -0.340 e. The summed E-state index contributed by atoms with van der Waals surface area (Å²) < 4.78 is 2.07. The van der Waals surface area contributed by atoms with Crippen molar-refractivity contribution in [2.75, 3.05) is 37.6 Å². The predicted molar refractivity (Wildman–Crippen MR) is 65.5 cm³/mol. The lowest BCUT2D eigenvalue weighted by Crippen LogP contribution is -2.51. The first kappa shape index (κ1) is 11.4. The molecule has 5 nitrogen and oxygen atoms in total. The molecule has 2 rings (SSSR count). The fourth-order valence-electron chi connectivity index (χ4n) is 2.17. The highest BCUT2D eigenvalue weighted by atomic mass is 15.3. The average Bonchev–Trinajstić information content (AvgIpc) is 2.75. The molecular formula is C11H21N5. The zero-order valence-electron chi connectivity index (χ0n) is 10.1. The Kier molecular flexibility index (Phi) is 3.46. The smallest absolute Gasteiger partial charge is 0.205 e. The molecule has 1 aliphatic heterocycles. The Hall–Kier alpha value is -1.07. The van der Waals surface area contributed by atoms with Crippen molar-refractivity contribution < 1.29 is 0 Å². The van der Waals surface area contributed by atoms with Crippen molar-refractivity contribution in [2.24, 2.45) is 12.8 Å². The molecule has 90 valence electrons. The maximum absolute atomic E-state index is 5.68. The first-order chi connectivity index (χ1) is 7.72. The Balaban J connectivity index is 1.93. The lowest BCUT2D eigenvalue weighted by atomic mass is 10.2. The second-order valence-electron chi connectivity index (χ2n) is 4.45. The van der Waals surface area contributed by atoms with Gasteiger partial charge in [-0.3, -0.25) is 4.90 Å². The van der Waals surface area contributed by atoms with Gasteiger partial charge >= 0.3 is 0 Å². The number of nitrogens with zero attached hydrogens (tertiary/aromatic N) is 4. The van der Waals surface area contributed by atoms with E-state index in [1.165, 1.54) is 0 Å². The van der Waals surface area contributed by atoms with Crippen LogP contribution in [0.3, 0.4) is 0 Å². The van der Waals surface area contributed by atoms with E-state index in [1.807, 2.05) is 19.4 Å². The molecule has 0 saturated carbocycles. The van der Waals surface area contributed by atoms with Gasteiger partial charge in [0.15, 0.2) is 0 Å². The number of aryl methyl sites for hydroxylation is 1. The van der Waals surface area contributed by atoms with E-state index in [4.69, 9.17) is 5.73 Å². The largest absolute Gasteiger partial charge is 0.340 e. The van der Waals surface area contributed by atoms with E-state index < -0.39 is 0 Å². The molecule has 5 heteroatoms. The van der Waals surface area contributed by atoms with E-state index in [0.29, 0.717) is 6.04 Å². The quantitative estimate of drug-likeness (QED) is 0.777. The SMILES string of the molecule is CC(CN)N1CCN(c2nccn2C)CC1. The molecule has 1 unspecified atom stereocenters. The van der Waals surface area contributed by atoms with Gasteiger partial charge in [-0.05, 0) is 6.92 Å². The summed E-state index contributed by atoms with van der Waals surface area (Å²) in [5.74, 6) is 1.07. The first-order valence-corrected chi connectivity index (χ1v) is 5.88. The highest BCUT2D eigenvalue weighted by molar-refractivity contribution is 5.31. The van der Waals surface area contributed by atoms with Gasteiger partial charge in [0.25, 0.3) is 0 Å². The van der Waals surface area contributed by atoms with Crippen LogP contribution in [-0.2, 0) is 7.05 Å². The molecule has 2 heterocycles. The number of hydrogen-bond acceptors (Lipinski definition) is 4. The zero-order valence-corrected chi connectivity index (χ0v) is 10.1. The van der Waals surface area contributed by atoms with E-state index in [0.717, 1.165) is 38.7 Å². The van der Waals surface area contributed by atoms with Crippen molar-refractivity contribution >= 4 is 5.95 Å². The molecular weight excluding hydrogens is 202 g/mol. The summed E-state index contributed by atoms with van der Waals surface area (Å²) >= 11 is 0. The number of piperazine rings is 1. The second-order valence-corrected chi connectivity index (χ2v) is 4.45. The molecule has 0 aliphatic carbocycles. The molecule has 1 aliphatic rings. The maximum atomic E-state index is 5.68. The summed E-state index contributed by atoms with van der Waals surface area (Å²) in [5, 5.41) is 0. The van der Waals surface area contributed by atoms with Gasteiger partial charge in [0.05, 0.1) is 0 Å². The maximum Gasteiger partial charge on any atom is 0.205 e. The van der Waals surface area contributed by atoms with E-state index >= 15 is 0 Å². The van der Waals surface area contributed by atoms with Crippen molar-refractivity contribution in [1.82, 2.24) is 14.5 Å². The van der Waals surface area contributed by atoms with Gasteiger partial charge in [0.1, 0.15) is 0 Å². The van der Waals surface area contributed by atoms with Gasteiger partial charge in [-0.15, -0.1) is 0 Å². The first-order valence-electron chi connectivity index (χ1n) is 5.88. The highest BCUT2D eigenvalue weighted by Gasteiger charge is 2.21. The van der Waals surface area contributed by atoms with Crippen LogP contribution < -0.4 is 10.6 Å². The molecule has 2 N–H and O–H groups in total. The number of rotatable bonds is 3. The molecule has 0 spiro atoms. The van der Waals surface area contributed by atoms with E-state index in [9.17, 15) is 0 Å². The van der Waals surface area contributed by atoms with Crippen molar-refractivity contribution in [3.63, 3.8) is 0 Å². The molecule has 1 fully saturated rings. The van der Waals surface area contributed by atoms with Crippen LogP contribution >= 0.6 is 0 Å². The third-order valence-corrected chi connectivity index (χ3v) is 3.36. The Bertz CT molecular complexity index is 327. The third-order valence-electron chi connectivity index (χ3n) is 3.36. The van der Waals surface area contributed by atoms with Crippen LogP contribution in [0.25, 0.3) is 0 Å². The third kappa shape index (κ3) is 2.20. The minimum atomic E-state index is 0.489. The van der Waals surface area contributed by atoms with Crippen LogP contribution in [0, 0.1) is 0 Å². The Labute approximate surface area is 96.8 Å². The zero-order chi connectivity index (χ0) is 11.5. The van der Waals surface area contributed by atoms with Gasteiger partial charge in [0, 0.05) is 58.2 Å². The second kappa shape index (κ2) is 4.84. The normalized spacial score (nSPS) is 20.1. The molecule has 0 radical (unpaired) electrons. The molecule has 1 saturated heterocycles. The van der Waals surface area contributed by atoms with Gasteiger partial charge in [-0.2, -0.15) is 0 Å². The summed E-state index contributed by atoms with van der Waals surface area (Å²) in [6, 6.07) is 0.489. The summed E-state index contributed by atoms with van der Waals surface area (Å²) in [5.41, 5.74) is 5.68. The lowest BCUT2D eigenvalue weighted by Gasteiger charge is -2.38. The van der Waals surface area contributed by atoms with Crippen molar-refractivity contribution in [1.29, 1.82) is 0 Å². The molecule has 1 aromatic rings. The van der Waals surface area contributed by atoms with Crippen LogP contribution in [0.1, 0.15) is 6.92 Å². The fraction of sp³-hybridized carbons (Fsp3) is 0.727. The van der Waals surface area contributed by atoms with Gasteiger partial charge in [0.2, 0.25) is 5.95 Å². The topological polar surface area (TPSA) is 50.3 Å².